The minimum absolute atomic E-state index is 0.0348. The van der Waals surface area contributed by atoms with Gasteiger partial charge in [-0.05, 0) is 39.3 Å². The Bertz CT molecular complexity index is 614. The number of aromatic nitrogens is 2. The fraction of sp³-hybridized carbons (Fsp3) is 0.333. The predicted molar refractivity (Wildman–Crippen MR) is 76.2 cm³/mol. The summed E-state index contributed by atoms with van der Waals surface area (Å²) >= 11 is 0. The fourth-order valence-electron chi connectivity index (χ4n) is 2.00. The van der Waals surface area contributed by atoms with E-state index < -0.39 is 0 Å². The molecule has 0 aliphatic carbocycles. The zero-order valence-electron chi connectivity index (χ0n) is 11.8. The van der Waals surface area contributed by atoms with Crippen LogP contribution >= 0.6 is 0 Å². The number of nitrogens with one attached hydrogen (secondary N) is 1. The van der Waals surface area contributed by atoms with Crippen LogP contribution in [-0.2, 0) is 11.3 Å². The molecule has 0 unspecified atom stereocenters. The van der Waals surface area contributed by atoms with E-state index in [9.17, 15) is 4.79 Å². The molecule has 100 valence electrons. The number of nitrogens with zero attached hydrogens (tertiary/aromatic N) is 2. The van der Waals surface area contributed by atoms with E-state index >= 15 is 0 Å². The van der Waals surface area contributed by atoms with E-state index in [1.54, 1.807) is 6.33 Å². The average Bonchev–Trinajstić information content (AvgIpc) is 2.65. The summed E-state index contributed by atoms with van der Waals surface area (Å²) in [5.74, 6) is -0.0348. The van der Waals surface area contributed by atoms with Crippen molar-refractivity contribution in [3.63, 3.8) is 0 Å². The van der Waals surface area contributed by atoms with Crippen LogP contribution in [0.3, 0.4) is 0 Å². The van der Waals surface area contributed by atoms with Gasteiger partial charge in [0.2, 0.25) is 5.91 Å². The van der Waals surface area contributed by atoms with Crippen molar-refractivity contribution in [3.8, 4) is 0 Å². The van der Waals surface area contributed by atoms with Crippen LogP contribution in [0.1, 0.15) is 22.5 Å². The molecular formula is C15H19N3O. The second-order valence-corrected chi connectivity index (χ2v) is 4.91. The van der Waals surface area contributed by atoms with Crippen molar-refractivity contribution >= 4 is 11.6 Å². The molecular weight excluding hydrogens is 238 g/mol. The molecule has 2 aromatic rings. The highest BCUT2D eigenvalue weighted by Crippen LogP contribution is 2.16. The van der Waals surface area contributed by atoms with Gasteiger partial charge in [-0.2, -0.15) is 0 Å². The third kappa shape index (κ3) is 3.02. The van der Waals surface area contributed by atoms with Crippen LogP contribution in [0.15, 0.2) is 24.5 Å². The van der Waals surface area contributed by atoms with E-state index in [1.165, 1.54) is 5.56 Å². The first-order chi connectivity index (χ1) is 8.97. The van der Waals surface area contributed by atoms with E-state index in [1.807, 2.05) is 44.4 Å². The zero-order chi connectivity index (χ0) is 14.0. The predicted octanol–water partition coefficient (Wildman–Crippen LogP) is 2.76. The second-order valence-electron chi connectivity index (χ2n) is 4.91. The smallest absolute Gasteiger partial charge is 0.244 e. The van der Waals surface area contributed by atoms with Crippen LogP contribution in [0.5, 0.6) is 0 Å². The van der Waals surface area contributed by atoms with Crippen molar-refractivity contribution in [3.05, 3.63) is 47.0 Å². The number of imidazole rings is 1. The fourth-order valence-corrected chi connectivity index (χ4v) is 2.00. The Kier molecular flexibility index (Phi) is 3.69. The number of amides is 1. The summed E-state index contributed by atoms with van der Waals surface area (Å²) in [7, 11) is 0. The van der Waals surface area contributed by atoms with Gasteiger partial charge in [0, 0.05) is 11.4 Å². The topological polar surface area (TPSA) is 46.9 Å². The number of benzene rings is 1. The Balaban J connectivity index is 2.07. The summed E-state index contributed by atoms with van der Waals surface area (Å²) in [5.41, 5.74) is 5.11. The van der Waals surface area contributed by atoms with Crippen LogP contribution in [0.25, 0.3) is 0 Å². The summed E-state index contributed by atoms with van der Waals surface area (Å²) < 4.78 is 1.86. The molecule has 0 atom stereocenters. The number of anilines is 1. The van der Waals surface area contributed by atoms with Crippen molar-refractivity contribution in [2.75, 3.05) is 5.32 Å². The highest BCUT2D eigenvalue weighted by Gasteiger charge is 2.08. The number of hydrogen-bond donors (Lipinski definition) is 1. The molecule has 0 bridgehead atoms. The number of carbonyl (C=O) groups is 1. The monoisotopic (exact) mass is 257 g/mol. The molecule has 0 radical (unpaired) electrons. The van der Waals surface area contributed by atoms with Crippen LogP contribution < -0.4 is 5.32 Å². The van der Waals surface area contributed by atoms with Gasteiger partial charge in [-0.1, -0.05) is 17.7 Å². The van der Waals surface area contributed by atoms with Gasteiger partial charge >= 0.3 is 0 Å². The van der Waals surface area contributed by atoms with Crippen molar-refractivity contribution in [2.45, 2.75) is 34.2 Å². The molecule has 1 heterocycles. The molecule has 0 aliphatic heterocycles. The third-order valence-electron chi connectivity index (χ3n) is 3.32. The molecule has 19 heavy (non-hydrogen) atoms. The second kappa shape index (κ2) is 5.26. The van der Waals surface area contributed by atoms with Crippen LogP contribution in [-0.4, -0.2) is 15.5 Å². The Morgan fingerprint density at radius 1 is 1.26 bits per heavy atom. The molecule has 0 saturated heterocycles. The number of rotatable bonds is 3. The molecule has 0 aliphatic rings. The molecule has 1 amide bonds. The highest BCUT2D eigenvalue weighted by molar-refractivity contribution is 5.91. The first-order valence-corrected chi connectivity index (χ1v) is 6.33. The van der Waals surface area contributed by atoms with Gasteiger partial charge in [-0.25, -0.2) is 4.98 Å². The SMILES string of the molecule is Cc1ccc(NC(=O)Cn2cnc(C)c2C)c(C)c1. The van der Waals surface area contributed by atoms with E-state index in [0.29, 0.717) is 6.54 Å². The quantitative estimate of drug-likeness (QED) is 0.919. The lowest BCUT2D eigenvalue weighted by atomic mass is 10.1. The lowest BCUT2D eigenvalue weighted by molar-refractivity contribution is -0.116. The van der Waals surface area contributed by atoms with Gasteiger partial charge in [0.05, 0.1) is 12.0 Å². The first-order valence-electron chi connectivity index (χ1n) is 6.33. The van der Waals surface area contributed by atoms with E-state index in [4.69, 9.17) is 0 Å². The summed E-state index contributed by atoms with van der Waals surface area (Å²) in [4.78, 5) is 16.2. The van der Waals surface area contributed by atoms with Gasteiger partial charge in [0.25, 0.3) is 0 Å². The van der Waals surface area contributed by atoms with Gasteiger partial charge in [0.1, 0.15) is 6.54 Å². The van der Waals surface area contributed by atoms with E-state index in [-0.39, 0.29) is 5.91 Å². The van der Waals surface area contributed by atoms with E-state index in [0.717, 1.165) is 22.6 Å². The molecule has 4 nitrogen and oxygen atoms in total. The summed E-state index contributed by atoms with van der Waals surface area (Å²) in [6.07, 6.45) is 1.70. The minimum atomic E-state index is -0.0348. The normalized spacial score (nSPS) is 10.5. The molecule has 1 aromatic carbocycles. The maximum Gasteiger partial charge on any atom is 0.244 e. The third-order valence-corrected chi connectivity index (χ3v) is 3.32. The number of carbonyl (C=O) groups excluding carboxylic acids is 1. The Hall–Kier alpha value is -2.10. The molecule has 2 rings (SSSR count). The van der Waals surface area contributed by atoms with Gasteiger partial charge in [0.15, 0.2) is 0 Å². The van der Waals surface area contributed by atoms with Gasteiger partial charge in [-0.15, -0.1) is 0 Å². The van der Waals surface area contributed by atoms with Crippen LogP contribution in [0.4, 0.5) is 5.69 Å². The lowest BCUT2D eigenvalue weighted by Gasteiger charge is -2.10. The Morgan fingerprint density at radius 3 is 2.58 bits per heavy atom. The highest BCUT2D eigenvalue weighted by atomic mass is 16.1. The summed E-state index contributed by atoms with van der Waals surface area (Å²) in [6.45, 7) is 8.23. The van der Waals surface area contributed by atoms with Gasteiger partial charge in [-0.3, -0.25) is 4.79 Å². The van der Waals surface area contributed by atoms with Crippen LogP contribution in [0.2, 0.25) is 0 Å². The molecule has 0 spiro atoms. The van der Waals surface area contributed by atoms with Gasteiger partial charge < -0.3 is 9.88 Å². The number of aryl methyl sites for hydroxylation is 3. The maximum atomic E-state index is 12.0. The Labute approximate surface area is 113 Å². The first kappa shape index (κ1) is 13.3. The zero-order valence-corrected chi connectivity index (χ0v) is 11.8. The lowest BCUT2D eigenvalue weighted by Crippen LogP contribution is -2.19. The van der Waals surface area contributed by atoms with Crippen LogP contribution in [0, 0.1) is 27.7 Å². The minimum Gasteiger partial charge on any atom is -0.325 e. The van der Waals surface area contributed by atoms with Crippen molar-refractivity contribution in [1.29, 1.82) is 0 Å². The molecule has 0 saturated carbocycles. The molecule has 1 N–H and O–H groups in total. The largest absolute Gasteiger partial charge is 0.325 e. The molecule has 1 aromatic heterocycles. The average molecular weight is 257 g/mol. The maximum absolute atomic E-state index is 12.0. The van der Waals surface area contributed by atoms with E-state index in [2.05, 4.69) is 16.4 Å². The number of hydrogen-bond acceptors (Lipinski definition) is 2. The van der Waals surface area contributed by atoms with Crippen molar-refractivity contribution in [2.24, 2.45) is 0 Å². The van der Waals surface area contributed by atoms with Crippen molar-refractivity contribution in [1.82, 2.24) is 9.55 Å². The Morgan fingerprint density at radius 2 is 2.00 bits per heavy atom. The summed E-state index contributed by atoms with van der Waals surface area (Å²) in [5, 5.41) is 2.93. The summed E-state index contributed by atoms with van der Waals surface area (Å²) in [6, 6.07) is 5.99. The molecule has 4 heteroatoms. The van der Waals surface area contributed by atoms with Crippen molar-refractivity contribution < 1.29 is 4.79 Å². The standard InChI is InChI=1S/C15H19N3O/c1-10-5-6-14(11(2)7-10)17-15(19)8-18-9-16-12(3)13(18)4/h5-7,9H,8H2,1-4H3,(H,17,19). The molecule has 0 fully saturated rings.